The SMILES string of the molecule is C[C@H](OC(=O)Oc1ccccc1)C(=O)OC(C)(C)C. The van der Waals surface area contributed by atoms with Gasteiger partial charge >= 0.3 is 12.1 Å². The molecule has 0 amide bonds. The van der Waals surface area contributed by atoms with Gasteiger partial charge in [0.25, 0.3) is 0 Å². The van der Waals surface area contributed by atoms with Crippen molar-refractivity contribution in [2.45, 2.75) is 39.4 Å². The molecule has 0 radical (unpaired) electrons. The predicted molar refractivity (Wildman–Crippen MR) is 68.9 cm³/mol. The fourth-order valence-corrected chi connectivity index (χ4v) is 1.19. The summed E-state index contributed by atoms with van der Waals surface area (Å²) in [6.07, 6.45) is -1.96. The Morgan fingerprint density at radius 2 is 1.68 bits per heavy atom. The molecule has 1 aromatic carbocycles. The Bertz CT molecular complexity index is 433. The lowest BCUT2D eigenvalue weighted by Gasteiger charge is -2.21. The molecule has 19 heavy (non-hydrogen) atoms. The number of hydrogen-bond acceptors (Lipinski definition) is 5. The van der Waals surface area contributed by atoms with E-state index in [0.29, 0.717) is 5.75 Å². The molecule has 0 spiro atoms. The second-order valence-corrected chi connectivity index (χ2v) is 4.96. The Morgan fingerprint density at radius 1 is 1.11 bits per heavy atom. The summed E-state index contributed by atoms with van der Waals surface area (Å²) in [4.78, 5) is 23.0. The second kappa shape index (κ2) is 6.22. The zero-order valence-electron chi connectivity index (χ0n) is 11.5. The Labute approximate surface area is 112 Å². The molecule has 0 aliphatic heterocycles. The topological polar surface area (TPSA) is 61.8 Å². The molecule has 0 saturated carbocycles. The number of ether oxygens (including phenoxy) is 3. The molecule has 0 unspecified atom stereocenters. The van der Waals surface area contributed by atoms with Gasteiger partial charge in [0.1, 0.15) is 11.4 Å². The van der Waals surface area contributed by atoms with Crippen molar-refractivity contribution in [1.82, 2.24) is 0 Å². The third-order valence-corrected chi connectivity index (χ3v) is 1.96. The second-order valence-electron chi connectivity index (χ2n) is 4.96. The maximum atomic E-state index is 11.6. The standard InChI is InChI=1S/C14H18O5/c1-10(12(15)19-14(2,3)4)17-13(16)18-11-8-6-5-7-9-11/h5-10H,1-4H3/t10-/m0/s1. The van der Waals surface area contributed by atoms with E-state index in [1.807, 2.05) is 0 Å². The van der Waals surface area contributed by atoms with Crippen molar-refractivity contribution in [3.63, 3.8) is 0 Å². The third-order valence-electron chi connectivity index (χ3n) is 1.96. The zero-order valence-corrected chi connectivity index (χ0v) is 11.5. The largest absolute Gasteiger partial charge is 0.514 e. The Hall–Kier alpha value is -2.04. The van der Waals surface area contributed by atoms with Crippen LogP contribution in [0.3, 0.4) is 0 Å². The summed E-state index contributed by atoms with van der Waals surface area (Å²) >= 11 is 0. The van der Waals surface area contributed by atoms with Gasteiger partial charge in [0.2, 0.25) is 0 Å². The molecule has 104 valence electrons. The van der Waals surface area contributed by atoms with E-state index in [-0.39, 0.29) is 0 Å². The van der Waals surface area contributed by atoms with Gasteiger partial charge in [-0.3, -0.25) is 0 Å². The highest BCUT2D eigenvalue weighted by atomic mass is 16.7. The van der Waals surface area contributed by atoms with Gasteiger partial charge in [-0.15, -0.1) is 0 Å². The summed E-state index contributed by atoms with van der Waals surface area (Å²) < 4.78 is 14.8. The molecule has 1 aromatic rings. The molecule has 0 bridgehead atoms. The molecule has 0 aromatic heterocycles. The number of carbonyl (C=O) groups is 2. The van der Waals surface area contributed by atoms with Crippen molar-refractivity contribution < 1.29 is 23.8 Å². The van der Waals surface area contributed by atoms with Crippen LogP contribution in [0.1, 0.15) is 27.7 Å². The summed E-state index contributed by atoms with van der Waals surface area (Å²) in [6.45, 7) is 6.64. The molecule has 5 heteroatoms. The molecule has 0 heterocycles. The van der Waals surface area contributed by atoms with Gasteiger partial charge in [-0.05, 0) is 39.8 Å². The van der Waals surface area contributed by atoms with Gasteiger partial charge in [-0.1, -0.05) is 18.2 Å². The summed E-state index contributed by atoms with van der Waals surface area (Å²) in [6, 6.07) is 8.46. The van der Waals surface area contributed by atoms with Crippen LogP contribution in [0.2, 0.25) is 0 Å². The van der Waals surface area contributed by atoms with Gasteiger partial charge in [0.05, 0.1) is 0 Å². The normalized spacial score (nSPS) is 12.4. The van der Waals surface area contributed by atoms with E-state index in [9.17, 15) is 9.59 Å². The van der Waals surface area contributed by atoms with E-state index in [2.05, 4.69) is 0 Å². The highest BCUT2D eigenvalue weighted by Gasteiger charge is 2.25. The maximum absolute atomic E-state index is 11.6. The number of esters is 1. The lowest BCUT2D eigenvalue weighted by molar-refractivity contribution is -0.164. The predicted octanol–water partition coefficient (Wildman–Crippen LogP) is 2.93. The van der Waals surface area contributed by atoms with Crippen LogP contribution in [0.4, 0.5) is 4.79 Å². The molecule has 0 aliphatic carbocycles. The first kappa shape index (κ1) is 15.0. The highest BCUT2D eigenvalue weighted by molar-refractivity contribution is 5.77. The van der Waals surface area contributed by atoms with Crippen molar-refractivity contribution in [1.29, 1.82) is 0 Å². The van der Waals surface area contributed by atoms with Crippen LogP contribution < -0.4 is 4.74 Å². The molecule has 0 aliphatic rings. The first-order valence-electron chi connectivity index (χ1n) is 5.94. The third kappa shape index (κ3) is 5.90. The van der Waals surface area contributed by atoms with Gasteiger partial charge in [-0.2, -0.15) is 0 Å². The van der Waals surface area contributed by atoms with E-state index >= 15 is 0 Å². The number of para-hydroxylation sites is 1. The minimum absolute atomic E-state index is 0.351. The maximum Gasteiger partial charge on any atom is 0.514 e. The lowest BCUT2D eigenvalue weighted by Crippen LogP contribution is -2.33. The molecule has 1 rings (SSSR count). The van der Waals surface area contributed by atoms with E-state index in [0.717, 1.165) is 0 Å². The van der Waals surface area contributed by atoms with Crippen molar-refractivity contribution in [2.75, 3.05) is 0 Å². The molecule has 5 nitrogen and oxygen atoms in total. The smallest absolute Gasteiger partial charge is 0.457 e. The lowest BCUT2D eigenvalue weighted by atomic mass is 10.2. The van der Waals surface area contributed by atoms with Crippen LogP contribution in [0.5, 0.6) is 5.75 Å². The van der Waals surface area contributed by atoms with E-state index in [4.69, 9.17) is 14.2 Å². The molecular formula is C14H18O5. The van der Waals surface area contributed by atoms with Crippen LogP contribution in [0.25, 0.3) is 0 Å². The van der Waals surface area contributed by atoms with E-state index in [1.54, 1.807) is 51.1 Å². The fourth-order valence-electron chi connectivity index (χ4n) is 1.19. The van der Waals surface area contributed by atoms with Crippen LogP contribution in [-0.4, -0.2) is 23.8 Å². The average molecular weight is 266 g/mol. The average Bonchev–Trinajstić information content (AvgIpc) is 2.27. The van der Waals surface area contributed by atoms with Gasteiger partial charge < -0.3 is 14.2 Å². The number of rotatable bonds is 3. The van der Waals surface area contributed by atoms with Crippen molar-refractivity contribution in [3.8, 4) is 5.75 Å². The summed E-state index contributed by atoms with van der Waals surface area (Å²) in [5, 5.41) is 0. The molecule has 0 saturated heterocycles. The van der Waals surface area contributed by atoms with E-state index < -0.39 is 23.8 Å². The molecule has 0 N–H and O–H groups in total. The number of carbonyl (C=O) groups excluding carboxylic acids is 2. The number of hydrogen-bond donors (Lipinski definition) is 0. The Kier molecular flexibility index (Phi) is 4.92. The molecular weight excluding hydrogens is 248 g/mol. The monoisotopic (exact) mass is 266 g/mol. The summed E-state index contributed by atoms with van der Waals surface area (Å²) in [5.74, 6) is -0.263. The summed E-state index contributed by atoms with van der Waals surface area (Å²) in [5.41, 5.74) is -0.627. The van der Waals surface area contributed by atoms with Crippen LogP contribution >= 0.6 is 0 Å². The van der Waals surface area contributed by atoms with Gasteiger partial charge in [0.15, 0.2) is 6.10 Å². The Morgan fingerprint density at radius 3 is 2.21 bits per heavy atom. The van der Waals surface area contributed by atoms with Crippen molar-refractivity contribution in [3.05, 3.63) is 30.3 Å². The highest BCUT2D eigenvalue weighted by Crippen LogP contribution is 2.12. The fraction of sp³-hybridized carbons (Fsp3) is 0.429. The van der Waals surface area contributed by atoms with Gasteiger partial charge in [-0.25, -0.2) is 9.59 Å². The Balaban J connectivity index is 2.46. The molecule has 0 fully saturated rings. The minimum atomic E-state index is -1.02. The first-order valence-corrected chi connectivity index (χ1v) is 5.94. The molecule has 1 atom stereocenters. The van der Waals surface area contributed by atoms with Crippen molar-refractivity contribution >= 4 is 12.1 Å². The first-order chi connectivity index (χ1) is 8.78. The van der Waals surface area contributed by atoms with E-state index in [1.165, 1.54) is 6.92 Å². The van der Waals surface area contributed by atoms with Crippen LogP contribution in [0, 0.1) is 0 Å². The van der Waals surface area contributed by atoms with Crippen molar-refractivity contribution in [2.24, 2.45) is 0 Å². The zero-order chi connectivity index (χ0) is 14.5. The quantitative estimate of drug-likeness (QED) is 0.621. The van der Waals surface area contributed by atoms with Crippen LogP contribution in [0.15, 0.2) is 30.3 Å². The number of benzene rings is 1. The minimum Gasteiger partial charge on any atom is -0.457 e. The van der Waals surface area contributed by atoms with Crippen LogP contribution in [-0.2, 0) is 14.3 Å². The summed E-state index contributed by atoms with van der Waals surface area (Å²) in [7, 11) is 0. The van der Waals surface area contributed by atoms with Gasteiger partial charge in [0, 0.05) is 0 Å².